The number of sulfonamides is 1. The number of nitrogens with one attached hydrogen (secondary N) is 2. The summed E-state index contributed by atoms with van der Waals surface area (Å²) in [5.74, 6) is -0.201. The van der Waals surface area contributed by atoms with Crippen molar-refractivity contribution in [3.8, 4) is 10.6 Å². The zero-order valence-electron chi connectivity index (χ0n) is 14.8. The maximum atomic E-state index is 12.2. The summed E-state index contributed by atoms with van der Waals surface area (Å²) in [7, 11) is -3.54. The lowest BCUT2D eigenvalue weighted by molar-refractivity contribution is -0.115. The second-order valence-corrected chi connectivity index (χ2v) is 9.53. The van der Waals surface area contributed by atoms with Crippen LogP contribution in [0.25, 0.3) is 10.6 Å². The summed E-state index contributed by atoms with van der Waals surface area (Å²) in [6, 6.07) is 7.90. The van der Waals surface area contributed by atoms with Crippen LogP contribution in [-0.4, -0.2) is 25.4 Å². The normalized spacial score (nSPS) is 11.7. The summed E-state index contributed by atoms with van der Waals surface area (Å²) >= 11 is 3.11. The van der Waals surface area contributed by atoms with Gasteiger partial charge in [-0.2, -0.15) is 11.3 Å². The Labute approximate surface area is 166 Å². The standard InChI is InChI=1S/C18H19N3O3S3/c1-12(2)21-27(23,24)16-5-3-14(4-6-16)19-17(22)9-15-11-26-18(20-15)13-7-8-25-10-13/h3-8,10-12,21H,9H2,1-2H3,(H,19,22). The summed E-state index contributed by atoms with van der Waals surface area (Å²) < 4.78 is 26.7. The van der Waals surface area contributed by atoms with E-state index in [2.05, 4.69) is 15.0 Å². The van der Waals surface area contributed by atoms with Crippen LogP contribution in [0.2, 0.25) is 0 Å². The Kier molecular flexibility index (Phi) is 6.05. The van der Waals surface area contributed by atoms with E-state index in [-0.39, 0.29) is 23.3 Å². The number of nitrogens with zero attached hydrogens (tertiary/aromatic N) is 1. The first-order chi connectivity index (χ1) is 12.8. The number of carbonyl (C=O) groups excluding carboxylic acids is 1. The number of carbonyl (C=O) groups is 1. The molecule has 1 amide bonds. The number of thiophene rings is 1. The van der Waals surface area contributed by atoms with Crippen LogP contribution in [0, 0.1) is 0 Å². The Hall–Kier alpha value is -2.07. The minimum atomic E-state index is -3.54. The maximum absolute atomic E-state index is 12.2. The molecule has 6 nitrogen and oxygen atoms in total. The molecule has 0 radical (unpaired) electrons. The summed E-state index contributed by atoms with van der Waals surface area (Å²) in [6.07, 6.45) is 0.162. The molecule has 3 rings (SSSR count). The topological polar surface area (TPSA) is 88.2 Å². The first-order valence-corrected chi connectivity index (χ1v) is 11.5. The Morgan fingerprint density at radius 2 is 1.89 bits per heavy atom. The van der Waals surface area contributed by atoms with Gasteiger partial charge in [0.2, 0.25) is 15.9 Å². The second kappa shape index (κ2) is 8.30. The van der Waals surface area contributed by atoms with Gasteiger partial charge in [0, 0.05) is 28.1 Å². The monoisotopic (exact) mass is 421 g/mol. The predicted molar refractivity (Wildman–Crippen MR) is 110 cm³/mol. The van der Waals surface area contributed by atoms with Crippen LogP contribution >= 0.6 is 22.7 Å². The molecular weight excluding hydrogens is 402 g/mol. The Balaban J connectivity index is 1.61. The van der Waals surface area contributed by atoms with Gasteiger partial charge in [-0.3, -0.25) is 4.79 Å². The fourth-order valence-electron chi connectivity index (χ4n) is 2.37. The molecule has 0 spiro atoms. The quantitative estimate of drug-likeness (QED) is 0.608. The zero-order valence-corrected chi connectivity index (χ0v) is 17.2. The molecule has 0 aliphatic carbocycles. The Morgan fingerprint density at radius 1 is 1.15 bits per heavy atom. The van der Waals surface area contributed by atoms with E-state index >= 15 is 0 Å². The number of thiazole rings is 1. The first kappa shape index (κ1) is 19.7. The van der Waals surface area contributed by atoms with Crippen LogP contribution in [0.1, 0.15) is 19.5 Å². The van der Waals surface area contributed by atoms with E-state index in [1.165, 1.54) is 23.5 Å². The third-order valence-corrected chi connectivity index (χ3v) is 6.80. The lowest BCUT2D eigenvalue weighted by atomic mass is 10.3. The number of amides is 1. The minimum absolute atomic E-state index is 0.161. The van der Waals surface area contributed by atoms with Crippen molar-refractivity contribution in [2.75, 3.05) is 5.32 Å². The highest BCUT2D eigenvalue weighted by atomic mass is 32.2. The van der Waals surface area contributed by atoms with Crippen molar-refractivity contribution >= 4 is 44.3 Å². The molecule has 142 valence electrons. The van der Waals surface area contributed by atoms with Crippen molar-refractivity contribution in [2.45, 2.75) is 31.2 Å². The SMILES string of the molecule is CC(C)NS(=O)(=O)c1ccc(NC(=O)Cc2csc(-c3ccsc3)n2)cc1. The molecule has 0 aliphatic heterocycles. The van der Waals surface area contributed by atoms with Gasteiger partial charge in [-0.15, -0.1) is 11.3 Å². The zero-order chi connectivity index (χ0) is 19.4. The summed E-state index contributed by atoms with van der Waals surface area (Å²) in [4.78, 5) is 16.9. The van der Waals surface area contributed by atoms with E-state index in [9.17, 15) is 13.2 Å². The molecule has 0 atom stereocenters. The summed E-state index contributed by atoms with van der Waals surface area (Å²) in [5.41, 5.74) is 2.30. The molecule has 1 aromatic carbocycles. The molecule has 0 saturated heterocycles. The van der Waals surface area contributed by atoms with Gasteiger partial charge in [-0.25, -0.2) is 18.1 Å². The average Bonchev–Trinajstić information content (AvgIpc) is 3.25. The lowest BCUT2D eigenvalue weighted by Gasteiger charge is -2.10. The molecule has 0 unspecified atom stereocenters. The van der Waals surface area contributed by atoms with Gasteiger partial charge in [0.15, 0.2) is 0 Å². The Morgan fingerprint density at radius 3 is 2.52 bits per heavy atom. The third-order valence-electron chi connectivity index (χ3n) is 3.50. The number of anilines is 1. The highest BCUT2D eigenvalue weighted by Gasteiger charge is 2.15. The largest absolute Gasteiger partial charge is 0.326 e. The lowest BCUT2D eigenvalue weighted by Crippen LogP contribution is -2.30. The second-order valence-electron chi connectivity index (χ2n) is 6.18. The summed E-state index contributed by atoms with van der Waals surface area (Å²) in [5, 5.41) is 9.55. The van der Waals surface area contributed by atoms with E-state index in [0.29, 0.717) is 11.4 Å². The van der Waals surface area contributed by atoms with Crippen molar-refractivity contribution in [3.05, 3.63) is 52.2 Å². The van der Waals surface area contributed by atoms with Crippen molar-refractivity contribution in [1.29, 1.82) is 0 Å². The van der Waals surface area contributed by atoms with Crippen molar-refractivity contribution in [2.24, 2.45) is 0 Å². The molecule has 0 bridgehead atoms. The van der Waals surface area contributed by atoms with Gasteiger partial charge < -0.3 is 5.32 Å². The van der Waals surface area contributed by atoms with E-state index in [0.717, 1.165) is 10.6 Å². The number of rotatable bonds is 7. The van der Waals surface area contributed by atoms with Crippen LogP contribution in [0.4, 0.5) is 5.69 Å². The van der Waals surface area contributed by atoms with Crippen LogP contribution in [0.5, 0.6) is 0 Å². The molecule has 0 aliphatic rings. The van der Waals surface area contributed by atoms with Gasteiger partial charge in [0.1, 0.15) is 5.01 Å². The molecule has 2 N–H and O–H groups in total. The molecule has 3 aromatic rings. The third kappa shape index (κ3) is 5.23. The van der Waals surface area contributed by atoms with Gasteiger partial charge >= 0.3 is 0 Å². The van der Waals surface area contributed by atoms with Gasteiger partial charge in [0.25, 0.3) is 0 Å². The molecule has 9 heteroatoms. The minimum Gasteiger partial charge on any atom is -0.326 e. The van der Waals surface area contributed by atoms with E-state index in [4.69, 9.17) is 0 Å². The first-order valence-electron chi connectivity index (χ1n) is 8.23. The fourth-order valence-corrected chi connectivity index (χ4v) is 5.16. The van der Waals surface area contributed by atoms with Crippen molar-refractivity contribution < 1.29 is 13.2 Å². The van der Waals surface area contributed by atoms with Gasteiger partial charge in [-0.1, -0.05) is 0 Å². The fraction of sp³-hybridized carbons (Fsp3) is 0.222. The number of hydrogen-bond donors (Lipinski definition) is 2. The van der Waals surface area contributed by atoms with E-state index < -0.39 is 10.0 Å². The highest BCUT2D eigenvalue weighted by molar-refractivity contribution is 7.89. The van der Waals surface area contributed by atoms with Crippen molar-refractivity contribution in [3.63, 3.8) is 0 Å². The average molecular weight is 422 g/mol. The van der Waals surface area contributed by atoms with Crippen molar-refractivity contribution in [1.82, 2.24) is 9.71 Å². The Bertz CT molecular complexity index is 1010. The number of aromatic nitrogens is 1. The number of benzene rings is 1. The summed E-state index contributed by atoms with van der Waals surface area (Å²) in [6.45, 7) is 3.52. The molecule has 0 saturated carbocycles. The number of hydrogen-bond acceptors (Lipinski definition) is 6. The van der Waals surface area contributed by atoms with Crippen LogP contribution in [0.3, 0.4) is 0 Å². The van der Waals surface area contributed by atoms with Crippen LogP contribution in [-0.2, 0) is 21.2 Å². The molecular formula is C18H19N3O3S3. The van der Waals surface area contributed by atoms with E-state index in [1.807, 2.05) is 22.2 Å². The molecule has 2 heterocycles. The smallest absolute Gasteiger partial charge is 0.240 e. The van der Waals surface area contributed by atoms with E-state index in [1.54, 1.807) is 37.3 Å². The predicted octanol–water partition coefficient (Wildman–Crippen LogP) is 3.74. The van der Waals surface area contributed by atoms with Gasteiger partial charge in [-0.05, 0) is 49.6 Å². The maximum Gasteiger partial charge on any atom is 0.240 e. The van der Waals surface area contributed by atoms with Gasteiger partial charge in [0.05, 0.1) is 17.0 Å². The molecule has 2 aromatic heterocycles. The highest BCUT2D eigenvalue weighted by Crippen LogP contribution is 2.26. The molecule has 0 fully saturated rings. The van der Waals surface area contributed by atoms with Crippen LogP contribution in [0.15, 0.2) is 51.4 Å². The van der Waals surface area contributed by atoms with Crippen LogP contribution < -0.4 is 10.0 Å². The molecule has 27 heavy (non-hydrogen) atoms.